The lowest BCUT2D eigenvalue weighted by Crippen LogP contribution is -2.39. The highest BCUT2D eigenvalue weighted by molar-refractivity contribution is 6.11. The van der Waals surface area contributed by atoms with E-state index in [1.165, 1.54) is 0 Å². The summed E-state index contributed by atoms with van der Waals surface area (Å²) in [7, 11) is 1.77. The van der Waals surface area contributed by atoms with Crippen molar-refractivity contribution in [2.24, 2.45) is 5.92 Å². The molecule has 1 heterocycles. The van der Waals surface area contributed by atoms with Gasteiger partial charge in [-0.1, -0.05) is 61.9 Å². The van der Waals surface area contributed by atoms with Gasteiger partial charge < -0.3 is 20.9 Å². The minimum Gasteiger partial charge on any atom is -0.399 e. The number of hydrogen-bond donors (Lipinski definition) is 2. The van der Waals surface area contributed by atoms with Gasteiger partial charge >= 0.3 is 0 Å². The molecule has 4 aromatic rings. The minimum absolute atomic E-state index is 0.0139. The number of carbonyl (C=O) groups is 3. The minimum atomic E-state index is -0.296. The molecule has 0 fully saturated rings. The normalized spacial score (nSPS) is 15.3. The monoisotopic (exact) mass is 578 g/mol. The first kappa shape index (κ1) is 31.4. The number of nitrogens with zero attached hydrogens (tertiary/aromatic N) is 2. The van der Waals surface area contributed by atoms with E-state index in [1.54, 1.807) is 43.1 Å². The molecule has 7 heteroatoms. The van der Waals surface area contributed by atoms with E-state index in [1.807, 2.05) is 48.2 Å². The molecular weight excluding hydrogens is 536 g/mol. The molecule has 0 spiro atoms. The van der Waals surface area contributed by atoms with Gasteiger partial charge in [-0.05, 0) is 92.5 Å². The third-order valence-electron chi connectivity index (χ3n) is 8.16. The van der Waals surface area contributed by atoms with E-state index >= 15 is 0 Å². The standard InChI is InChI=1S/C31H31N3O2.C5H11NO/c1-3-8-24-19-33(30(35)23-15-17-25(32)18-16-23)28-11-6-7-12-29(28)34(31(24)36)20-27-21(2)13-14-22-9-4-5-10-26(22)27;1-4(6-3)5(2)7/h4-7,9-18,24H,3,8,19-20,32H2,1-2H3;4,6H,1-3H3/t;4-/m.0/s1. The first-order valence-corrected chi connectivity index (χ1v) is 14.9. The van der Waals surface area contributed by atoms with Crippen molar-refractivity contribution < 1.29 is 14.4 Å². The van der Waals surface area contributed by atoms with Crippen molar-refractivity contribution in [2.45, 2.75) is 53.1 Å². The number of hydrogen-bond acceptors (Lipinski definition) is 5. The highest BCUT2D eigenvalue weighted by Crippen LogP contribution is 2.38. The molecule has 0 aliphatic carbocycles. The second kappa shape index (κ2) is 14.1. The van der Waals surface area contributed by atoms with Crippen molar-refractivity contribution in [2.75, 3.05) is 29.1 Å². The Morgan fingerprint density at radius 1 is 0.953 bits per heavy atom. The molecule has 1 aliphatic rings. The molecule has 0 aromatic heterocycles. The number of likely N-dealkylation sites (N-methyl/N-ethyl adjacent to an activating group) is 1. The fourth-order valence-electron chi connectivity index (χ4n) is 5.37. The van der Waals surface area contributed by atoms with Crippen LogP contribution < -0.4 is 20.9 Å². The van der Waals surface area contributed by atoms with Gasteiger partial charge in [0, 0.05) is 17.8 Å². The molecule has 5 rings (SSSR count). The molecule has 2 amide bonds. The Morgan fingerprint density at radius 2 is 1.60 bits per heavy atom. The van der Waals surface area contributed by atoms with Crippen LogP contribution in [0.15, 0.2) is 84.9 Å². The first-order valence-electron chi connectivity index (χ1n) is 14.9. The number of aryl methyl sites for hydroxylation is 1. The number of Topliss-reactive ketones (excluding diaryl/α,β-unsaturated/α-hetero) is 1. The van der Waals surface area contributed by atoms with E-state index < -0.39 is 0 Å². The van der Waals surface area contributed by atoms with E-state index in [-0.39, 0.29) is 29.6 Å². The Morgan fingerprint density at radius 3 is 2.23 bits per heavy atom. The highest BCUT2D eigenvalue weighted by Gasteiger charge is 2.36. The van der Waals surface area contributed by atoms with Crippen LogP contribution in [0.1, 0.15) is 55.1 Å². The lowest BCUT2D eigenvalue weighted by atomic mass is 9.97. The molecule has 0 saturated heterocycles. The molecule has 0 bridgehead atoms. The fourth-order valence-corrected chi connectivity index (χ4v) is 5.37. The molecule has 0 radical (unpaired) electrons. The van der Waals surface area contributed by atoms with Gasteiger partial charge in [0.1, 0.15) is 5.78 Å². The summed E-state index contributed by atoms with van der Waals surface area (Å²) in [4.78, 5) is 41.8. The molecule has 2 atom stereocenters. The lowest BCUT2D eigenvalue weighted by Gasteiger charge is -2.27. The van der Waals surface area contributed by atoms with Crippen molar-refractivity contribution in [1.82, 2.24) is 5.32 Å². The third-order valence-corrected chi connectivity index (χ3v) is 8.16. The highest BCUT2D eigenvalue weighted by atomic mass is 16.2. The summed E-state index contributed by atoms with van der Waals surface area (Å²) in [5.74, 6) is -0.179. The van der Waals surface area contributed by atoms with Crippen LogP contribution in [0.3, 0.4) is 0 Å². The summed E-state index contributed by atoms with van der Waals surface area (Å²) in [6.45, 7) is 8.38. The van der Waals surface area contributed by atoms with E-state index in [2.05, 4.69) is 43.4 Å². The number of amides is 2. The zero-order chi connectivity index (χ0) is 31.1. The number of ketones is 1. The van der Waals surface area contributed by atoms with Gasteiger partial charge in [0.15, 0.2) is 0 Å². The van der Waals surface area contributed by atoms with Crippen LogP contribution in [0.25, 0.3) is 10.8 Å². The average Bonchev–Trinajstić information content (AvgIpc) is 3.13. The number of benzene rings is 4. The number of fused-ring (bicyclic) bond motifs is 2. The van der Waals surface area contributed by atoms with Crippen molar-refractivity contribution in [3.63, 3.8) is 0 Å². The maximum atomic E-state index is 14.1. The molecule has 7 nitrogen and oxygen atoms in total. The number of carbonyl (C=O) groups excluding carboxylic acids is 3. The van der Waals surface area contributed by atoms with Gasteiger partial charge in [-0.2, -0.15) is 0 Å². The van der Waals surface area contributed by atoms with Crippen LogP contribution in [-0.4, -0.2) is 37.2 Å². The number of para-hydroxylation sites is 2. The SMILES string of the molecule is CCCC1CN(C(=O)c2ccc(N)cc2)c2ccccc2N(Cc2c(C)ccc3ccccc23)C1=O.CN[C@@H](C)C(C)=O. The maximum absolute atomic E-state index is 14.1. The second-order valence-corrected chi connectivity index (χ2v) is 11.1. The van der Waals surface area contributed by atoms with Crippen LogP contribution >= 0.6 is 0 Å². The number of nitrogens with one attached hydrogen (secondary N) is 1. The molecule has 3 N–H and O–H groups in total. The number of nitrogen functional groups attached to an aromatic ring is 1. The summed E-state index contributed by atoms with van der Waals surface area (Å²) < 4.78 is 0. The number of rotatable bonds is 7. The van der Waals surface area contributed by atoms with Crippen molar-refractivity contribution in [1.29, 1.82) is 0 Å². The number of nitrogens with two attached hydrogens (primary N) is 1. The van der Waals surface area contributed by atoms with Gasteiger partial charge in [0.05, 0.1) is 29.9 Å². The van der Waals surface area contributed by atoms with E-state index in [4.69, 9.17) is 5.73 Å². The predicted molar refractivity (Wildman–Crippen MR) is 176 cm³/mol. The van der Waals surface area contributed by atoms with E-state index in [0.29, 0.717) is 30.8 Å². The molecule has 1 unspecified atom stereocenters. The zero-order valence-electron chi connectivity index (χ0n) is 25.8. The Balaban J connectivity index is 0.000000541. The molecule has 43 heavy (non-hydrogen) atoms. The van der Waals surface area contributed by atoms with Gasteiger partial charge in [0.2, 0.25) is 5.91 Å². The van der Waals surface area contributed by atoms with Crippen molar-refractivity contribution in [3.8, 4) is 0 Å². The summed E-state index contributed by atoms with van der Waals surface area (Å²) >= 11 is 0. The van der Waals surface area contributed by atoms with Gasteiger partial charge in [-0.3, -0.25) is 14.4 Å². The Kier molecular flexibility index (Phi) is 10.3. The predicted octanol–water partition coefficient (Wildman–Crippen LogP) is 6.52. The van der Waals surface area contributed by atoms with Crippen molar-refractivity contribution in [3.05, 3.63) is 102 Å². The van der Waals surface area contributed by atoms with Crippen LogP contribution in [0, 0.1) is 12.8 Å². The van der Waals surface area contributed by atoms with Crippen LogP contribution in [-0.2, 0) is 16.1 Å². The fraction of sp³-hybridized carbons (Fsp3) is 0.306. The van der Waals surface area contributed by atoms with Crippen LogP contribution in [0.5, 0.6) is 0 Å². The Hall–Kier alpha value is -4.49. The van der Waals surface area contributed by atoms with E-state index in [9.17, 15) is 14.4 Å². The second-order valence-electron chi connectivity index (χ2n) is 11.1. The molecule has 224 valence electrons. The molecule has 0 saturated carbocycles. The zero-order valence-corrected chi connectivity index (χ0v) is 25.8. The third kappa shape index (κ3) is 7.12. The molecule has 4 aromatic carbocycles. The van der Waals surface area contributed by atoms with Crippen LogP contribution in [0.2, 0.25) is 0 Å². The Bertz CT molecular complexity index is 1600. The van der Waals surface area contributed by atoms with Gasteiger partial charge in [-0.15, -0.1) is 0 Å². The van der Waals surface area contributed by atoms with E-state index in [0.717, 1.165) is 39.7 Å². The van der Waals surface area contributed by atoms with Crippen LogP contribution in [0.4, 0.5) is 17.1 Å². The summed E-state index contributed by atoms with van der Waals surface area (Å²) in [6.07, 6.45) is 1.57. The summed E-state index contributed by atoms with van der Waals surface area (Å²) in [6, 6.07) is 27.3. The quantitative estimate of drug-likeness (QED) is 0.243. The largest absolute Gasteiger partial charge is 0.399 e. The Labute approximate surface area is 254 Å². The maximum Gasteiger partial charge on any atom is 0.258 e. The molecule has 1 aliphatic heterocycles. The lowest BCUT2D eigenvalue weighted by molar-refractivity contribution is -0.122. The molecular formula is C36H42N4O3. The van der Waals surface area contributed by atoms with Gasteiger partial charge in [0.25, 0.3) is 5.91 Å². The summed E-state index contributed by atoms with van der Waals surface area (Å²) in [5.41, 5.74) is 10.8. The van der Waals surface area contributed by atoms with Gasteiger partial charge in [-0.25, -0.2) is 0 Å². The smallest absolute Gasteiger partial charge is 0.258 e. The van der Waals surface area contributed by atoms with Crippen molar-refractivity contribution >= 4 is 45.4 Å². The average molecular weight is 579 g/mol. The number of anilines is 3. The topological polar surface area (TPSA) is 95.7 Å². The summed E-state index contributed by atoms with van der Waals surface area (Å²) in [5, 5.41) is 5.11. The first-order chi connectivity index (χ1) is 20.7.